The Morgan fingerprint density at radius 3 is 2.43 bits per heavy atom. The molecule has 0 aliphatic rings. The normalized spacial score (nSPS) is 12.7. The van der Waals surface area contributed by atoms with E-state index in [4.69, 9.17) is 22.1 Å². The smallest absolute Gasteiger partial charge is 0.125 e. The van der Waals surface area contributed by atoms with Gasteiger partial charge in [0.25, 0.3) is 0 Å². The third-order valence-electron chi connectivity index (χ3n) is 2.36. The molecule has 0 aliphatic carbocycles. The zero-order valence-corrected chi connectivity index (χ0v) is 9.77. The summed E-state index contributed by atoms with van der Waals surface area (Å²) in [5.41, 5.74) is 8.89. The van der Waals surface area contributed by atoms with Crippen LogP contribution in [0.15, 0.2) is 6.07 Å². The van der Waals surface area contributed by atoms with E-state index < -0.39 is 0 Å². The van der Waals surface area contributed by atoms with Crippen LogP contribution in [0.1, 0.15) is 29.7 Å². The van der Waals surface area contributed by atoms with Crippen molar-refractivity contribution in [2.24, 2.45) is 5.73 Å². The Morgan fingerprint density at radius 1 is 1.43 bits per heavy atom. The summed E-state index contributed by atoms with van der Waals surface area (Å²) in [4.78, 5) is 0. The van der Waals surface area contributed by atoms with Crippen LogP contribution in [0.2, 0.25) is 5.02 Å². The first-order valence-electron chi connectivity index (χ1n) is 4.58. The molecule has 1 unspecified atom stereocenters. The Hall–Kier alpha value is -0.730. The quantitative estimate of drug-likeness (QED) is 0.820. The summed E-state index contributed by atoms with van der Waals surface area (Å²) in [7, 11) is 1.66. The van der Waals surface area contributed by atoms with Crippen molar-refractivity contribution in [3.05, 3.63) is 27.8 Å². The number of rotatable bonds is 2. The first-order chi connectivity index (χ1) is 6.49. The van der Waals surface area contributed by atoms with Crippen LogP contribution in [0.25, 0.3) is 0 Å². The number of benzene rings is 1. The van der Waals surface area contributed by atoms with Crippen molar-refractivity contribution in [1.82, 2.24) is 0 Å². The van der Waals surface area contributed by atoms with Crippen molar-refractivity contribution < 1.29 is 4.74 Å². The number of ether oxygens (including phenoxy) is 1. The van der Waals surface area contributed by atoms with Gasteiger partial charge in [-0.1, -0.05) is 11.6 Å². The molecule has 0 spiro atoms. The monoisotopic (exact) mass is 213 g/mol. The van der Waals surface area contributed by atoms with E-state index in [1.165, 1.54) is 0 Å². The molecule has 3 heteroatoms. The number of hydrogen-bond acceptors (Lipinski definition) is 2. The summed E-state index contributed by atoms with van der Waals surface area (Å²) < 4.78 is 5.31. The van der Waals surface area contributed by atoms with Gasteiger partial charge < -0.3 is 10.5 Å². The molecule has 1 atom stereocenters. The molecular weight excluding hydrogens is 198 g/mol. The van der Waals surface area contributed by atoms with Gasteiger partial charge in [-0.2, -0.15) is 0 Å². The minimum atomic E-state index is -0.0722. The fraction of sp³-hybridized carbons (Fsp3) is 0.455. The maximum Gasteiger partial charge on any atom is 0.125 e. The Balaban J connectivity index is 3.44. The van der Waals surface area contributed by atoms with Gasteiger partial charge in [0.2, 0.25) is 0 Å². The molecule has 14 heavy (non-hydrogen) atoms. The highest BCUT2D eigenvalue weighted by molar-refractivity contribution is 6.31. The van der Waals surface area contributed by atoms with Crippen LogP contribution in [-0.2, 0) is 0 Å². The number of methoxy groups -OCH3 is 1. The summed E-state index contributed by atoms with van der Waals surface area (Å²) in [6.45, 7) is 5.88. The van der Waals surface area contributed by atoms with Crippen molar-refractivity contribution in [1.29, 1.82) is 0 Å². The number of halogens is 1. The maximum atomic E-state index is 6.12. The lowest BCUT2D eigenvalue weighted by atomic mass is 9.99. The Kier molecular flexibility index (Phi) is 3.40. The van der Waals surface area contributed by atoms with E-state index in [9.17, 15) is 0 Å². The summed E-state index contributed by atoms with van der Waals surface area (Å²) in [6, 6.07) is 1.82. The van der Waals surface area contributed by atoms with Gasteiger partial charge in [-0.3, -0.25) is 0 Å². The zero-order valence-electron chi connectivity index (χ0n) is 9.02. The highest BCUT2D eigenvalue weighted by atomic mass is 35.5. The molecule has 0 fully saturated rings. The van der Waals surface area contributed by atoms with E-state index in [2.05, 4.69) is 0 Å². The molecule has 1 rings (SSSR count). The molecule has 0 amide bonds. The number of aryl methyl sites for hydroxylation is 1. The molecule has 0 aliphatic heterocycles. The van der Waals surface area contributed by atoms with Crippen LogP contribution in [0.5, 0.6) is 5.75 Å². The van der Waals surface area contributed by atoms with E-state index in [0.717, 1.165) is 27.5 Å². The van der Waals surface area contributed by atoms with E-state index in [1.54, 1.807) is 7.11 Å². The molecule has 1 aromatic rings. The summed E-state index contributed by atoms with van der Waals surface area (Å²) >= 11 is 6.12. The van der Waals surface area contributed by atoms with Crippen molar-refractivity contribution in [3.8, 4) is 5.75 Å². The van der Waals surface area contributed by atoms with Gasteiger partial charge in [-0.15, -0.1) is 0 Å². The molecule has 0 bridgehead atoms. The molecule has 0 saturated heterocycles. The predicted molar refractivity (Wildman–Crippen MR) is 60.1 cm³/mol. The number of hydrogen-bond donors (Lipinski definition) is 1. The first-order valence-corrected chi connectivity index (χ1v) is 4.96. The second-order valence-corrected chi connectivity index (χ2v) is 3.94. The molecule has 0 saturated carbocycles. The lowest BCUT2D eigenvalue weighted by Gasteiger charge is -2.17. The average molecular weight is 214 g/mol. The van der Waals surface area contributed by atoms with Gasteiger partial charge in [-0.25, -0.2) is 0 Å². The summed E-state index contributed by atoms with van der Waals surface area (Å²) in [6.07, 6.45) is 0. The third kappa shape index (κ3) is 1.86. The number of nitrogens with two attached hydrogens (primary N) is 1. The predicted octanol–water partition coefficient (Wildman–Crippen LogP) is 2.99. The van der Waals surface area contributed by atoms with Gasteiger partial charge >= 0.3 is 0 Å². The van der Waals surface area contributed by atoms with Gasteiger partial charge in [0.05, 0.1) is 7.11 Å². The summed E-state index contributed by atoms with van der Waals surface area (Å²) in [5.74, 6) is 0.877. The standard InChI is InChI=1S/C11H16ClNO/c1-6-5-9(12)10(8(3)13)7(2)11(6)14-4/h5,8H,13H2,1-4H3. The fourth-order valence-electron chi connectivity index (χ4n) is 1.80. The zero-order chi connectivity index (χ0) is 10.9. The summed E-state index contributed by atoms with van der Waals surface area (Å²) in [5, 5.41) is 0.718. The van der Waals surface area contributed by atoms with Gasteiger partial charge in [0.1, 0.15) is 5.75 Å². The highest BCUT2D eigenvalue weighted by Gasteiger charge is 2.14. The lowest BCUT2D eigenvalue weighted by Crippen LogP contribution is -2.09. The highest BCUT2D eigenvalue weighted by Crippen LogP contribution is 2.34. The molecule has 0 radical (unpaired) electrons. The molecule has 0 aromatic heterocycles. The van der Waals surface area contributed by atoms with Gasteiger partial charge in [0.15, 0.2) is 0 Å². The van der Waals surface area contributed by atoms with E-state index in [1.807, 2.05) is 26.8 Å². The molecule has 2 nitrogen and oxygen atoms in total. The van der Waals surface area contributed by atoms with E-state index >= 15 is 0 Å². The largest absolute Gasteiger partial charge is 0.496 e. The lowest BCUT2D eigenvalue weighted by molar-refractivity contribution is 0.407. The Morgan fingerprint density at radius 2 is 2.00 bits per heavy atom. The molecule has 1 aromatic carbocycles. The minimum absolute atomic E-state index is 0.0722. The second kappa shape index (κ2) is 4.20. The second-order valence-electron chi connectivity index (χ2n) is 3.54. The van der Waals surface area contributed by atoms with Crippen LogP contribution in [-0.4, -0.2) is 7.11 Å². The molecular formula is C11H16ClNO. The van der Waals surface area contributed by atoms with Crippen LogP contribution in [0.4, 0.5) is 0 Å². The first kappa shape index (κ1) is 11.3. The Labute approximate surface area is 90.0 Å². The van der Waals surface area contributed by atoms with Crippen molar-refractivity contribution in [2.45, 2.75) is 26.8 Å². The maximum absolute atomic E-state index is 6.12. The fourth-order valence-corrected chi connectivity index (χ4v) is 2.28. The van der Waals surface area contributed by atoms with Crippen LogP contribution < -0.4 is 10.5 Å². The van der Waals surface area contributed by atoms with Crippen molar-refractivity contribution in [3.63, 3.8) is 0 Å². The Bertz CT molecular complexity index is 348. The molecule has 0 heterocycles. The van der Waals surface area contributed by atoms with Crippen LogP contribution in [0, 0.1) is 13.8 Å². The van der Waals surface area contributed by atoms with Gasteiger partial charge in [-0.05, 0) is 43.5 Å². The van der Waals surface area contributed by atoms with E-state index in [-0.39, 0.29) is 6.04 Å². The third-order valence-corrected chi connectivity index (χ3v) is 2.68. The molecule has 78 valence electrons. The topological polar surface area (TPSA) is 35.2 Å². The molecule has 2 N–H and O–H groups in total. The van der Waals surface area contributed by atoms with Crippen molar-refractivity contribution in [2.75, 3.05) is 7.11 Å². The van der Waals surface area contributed by atoms with Crippen LogP contribution >= 0.6 is 11.6 Å². The SMILES string of the molecule is COc1c(C)cc(Cl)c(C(C)N)c1C. The van der Waals surface area contributed by atoms with Crippen LogP contribution in [0.3, 0.4) is 0 Å². The van der Waals surface area contributed by atoms with Crippen molar-refractivity contribution >= 4 is 11.6 Å². The van der Waals surface area contributed by atoms with Gasteiger partial charge in [0, 0.05) is 11.1 Å². The average Bonchev–Trinajstić information content (AvgIpc) is 2.02. The van der Waals surface area contributed by atoms with E-state index in [0.29, 0.717) is 0 Å². The minimum Gasteiger partial charge on any atom is -0.496 e.